The quantitative estimate of drug-likeness (QED) is 0.405. The second-order valence-corrected chi connectivity index (χ2v) is 7.86. The van der Waals surface area contributed by atoms with Crippen LogP contribution in [0, 0.1) is 5.82 Å². The van der Waals surface area contributed by atoms with Crippen molar-refractivity contribution in [3.05, 3.63) is 70.3 Å². The maximum atomic E-state index is 14.9. The molecule has 9 heteroatoms. The van der Waals surface area contributed by atoms with Crippen molar-refractivity contribution in [1.82, 2.24) is 4.57 Å². The van der Waals surface area contributed by atoms with Crippen molar-refractivity contribution in [3.63, 3.8) is 0 Å². The number of aromatic nitrogens is 1. The molecule has 0 fully saturated rings. The molecule has 0 saturated heterocycles. The molecule has 3 aromatic carbocycles. The van der Waals surface area contributed by atoms with E-state index in [1.807, 2.05) is 24.3 Å². The summed E-state index contributed by atoms with van der Waals surface area (Å²) in [6.07, 6.45) is 1.20. The van der Waals surface area contributed by atoms with Crippen LogP contribution in [0.5, 0.6) is 11.5 Å². The van der Waals surface area contributed by atoms with Crippen molar-refractivity contribution in [2.45, 2.75) is 4.90 Å². The molecular formula is C22H12FNO6S. The second-order valence-electron chi connectivity index (χ2n) is 6.88. The molecule has 1 aliphatic heterocycles. The number of halogens is 1. The molecule has 31 heavy (non-hydrogen) atoms. The summed E-state index contributed by atoms with van der Waals surface area (Å²) in [6.45, 7) is 0. The fourth-order valence-electron chi connectivity index (χ4n) is 3.78. The third kappa shape index (κ3) is 2.85. The zero-order chi connectivity index (χ0) is 21.9. The van der Waals surface area contributed by atoms with E-state index < -0.39 is 34.5 Å². The van der Waals surface area contributed by atoms with Gasteiger partial charge in [-0.25, -0.2) is 9.18 Å². The number of rotatable bonds is 4. The van der Waals surface area contributed by atoms with Crippen molar-refractivity contribution < 1.29 is 28.9 Å². The molecule has 0 saturated carbocycles. The molecule has 7 nitrogen and oxygen atoms in total. The number of carboxylic acid groups (broad SMARTS) is 2. The summed E-state index contributed by atoms with van der Waals surface area (Å²) in [7, 11) is 0. The van der Waals surface area contributed by atoms with Gasteiger partial charge in [0, 0.05) is 11.6 Å². The first-order valence-electron chi connectivity index (χ1n) is 9.06. The van der Waals surface area contributed by atoms with Crippen LogP contribution in [-0.2, 0) is 4.79 Å². The Labute approximate surface area is 177 Å². The monoisotopic (exact) mass is 437 g/mol. The molecule has 2 heterocycles. The molecule has 0 radical (unpaired) electrons. The van der Waals surface area contributed by atoms with E-state index in [0.717, 1.165) is 28.6 Å². The van der Waals surface area contributed by atoms with Gasteiger partial charge in [-0.15, -0.1) is 11.8 Å². The molecule has 0 spiro atoms. The van der Waals surface area contributed by atoms with E-state index in [4.69, 9.17) is 9.84 Å². The Hall–Kier alpha value is -3.85. The van der Waals surface area contributed by atoms with Crippen molar-refractivity contribution in [1.29, 1.82) is 0 Å². The number of hydrogen-bond donors (Lipinski definition) is 2. The van der Waals surface area contributed by atoms with Gasteiger partial charge in [0.25, 0.3) is 0 Å². The summed E-state index contributed by atoms with van der Waals surface area (Å²) in [5, 5.41) is 20.0. The van der Waals surface area contributed by atoms with Gasteiger partial charge in [0.2, 0.25) is 5.43 Å². The lowest BCUT2D eigenvalue weighted by molar-refractivity contribution is -0.133. The van der Waals surface area contributed by atoms with E-state index in [0.29, 0.717) is 11.4 Å². The summed E-state index contributed by atoms with van der Waals surface area (Å²) in [5.41, 5.74) is -0.655. The number of hydrogen-bond acceptors (Lipinski definition) is 5. The molecule has 4 aromatic rings. The Morgan fingerprint density at radius 2 is 1.87 bits per heavy atom. The Morgan fingerprint density at radius 3 is 2.61 bits per heavy atom. The number of aliphatic carboxylic acids is 1. The van der Waals surface area contributed by atoms with Crippen LogP contribution in [0.1, 0.15) is 10.4 Å². The number of carbonyl (C=O) groups is 2. The van der Waals surface area contributed by atoms with Gasteiger partial charge >= 0.3 is 11.9 Å². The van der Waals surface area contributed by atoms with Crippen LogP contribution >= 0.6 is 11.8 Å². The summed E-state index contributed by atoms with van der Waals surface area (Å²) in [6, 6.07) is 11.8. The molecule has 0 amide bonds. The number of fused-ring (bicyclic) bond motifs is 4. The highest BCUT2D eigenvalue weighted by atomic mass is 32.2. The van der Waals surface area contributed by atoms with E-state index in [1.165, 1.54) is 10.8 Å². The van der Waals surface area contributed by atoms with Crippen LogP contribution in [-0.4, -0.2) is 32.5 Å². The van der Waals surface area contributed by atoms with Crippen LogP contribution < -0.4 is 10.2 Å². The van der Waals surface area contributed by atoms with Gasteiger partial charge in [-0.05, 0) is 17.5 Å². The summed E-state index contributed by atoms with van der Waals surface area (Å²) >= 11 is 0.727. The Balaban J connectivity index is 1.96. The third-order valence-electron chi connectivity index (χ3n) is 5.04. The van der Waals surface area contributed by atoms with Crippen LogP contribution in [0.25, 0.3) is 27.4 Å². The fraction of sp³-hybridized carbons (Fsp3) is 0.0455. The smallest absolute Gasteiger partial charge is 0.341 e. The molecule has 0 unspecified atom stereocenters. The van der Waals surface area contributed by atoms with E-state index in [9.17, 15) is 23.9 Å². The van der Waals surface area contributed by atoms with Crippen LogP contribution in [0.15, 0.2) is 58.4 Å². The normalized spacial score (nSPS) is 11.9. The van der Waals surface area contributed by atoms with Crippen molar-refractivity contribution in [3.8, 4) is 17.2 Å². The molecule has 1 aliphatic rings. The Kier molecular flexibility index (Phi) is 4.23. The fourth-order valence-corrected chi connectivity index (χ4v) is 4.51. The molecule has 1 aromatic heterocycles. The minimum Gasteiger partial charge on any atom is -0.481 e. The van der Waals surface area contributed by atoms with E-state index in [1.54, 1.807) is 12.1 Å². The second kappa shape index (κ2) is 6.85. The predicted molar refractivity (Wildman–Crippen MR) is 112 cm³/mol. The lowest BCUT2D eigenvalue weighted by Gasteiger charge is -2.26. The molecule has 2 N–H and O–H groups in total. The number of pyridine rings is 1. The van der Waals surface area contributed by atoms with Crippen molar-refractivity contribution in [2.24, 2.45) is 0 Å². The van der Waals surface area contributed by atoms with Crippen molar-refractivity contribution >= 4 is 45.4 Å². The van der Waals surface area contributed by atoms with Gasteiger partial charge in [-0.1, -0.05) is 30.3 Å². The summed E-state index contributed by atoms with van der Waals surface area (Å²) in [4.78, 5) is 35.5. The molecule has 0 bridgehead atoms. The summed E-state index contributed by atoms with van der Waals surface area (Å²) in [5.74, 6) is -3.54. The van der Waals surface area contributed by atoms with E-state index in [2.05, 4.69) is 0 Å². The number of thioether (sulfide) groups is 1. The van der Waals surface area contributed by atoms with Gasteiger partial charge in [0.05, 0.1) is 21.7 Å². The number of nitrogens with zero attached hydrogens (tertiary/aromatic N) is 1. The number of ether oxygens (including phenoxy) is 1. The topological polar surface area (TPSA) is 106 Å². The molecule has 0 atom stereocenters. The molecular weight excluding hydrogens is 425 g/mol. The lowest BCUT2D eigenvalue weighted by Crippen LogP contribution is -2.21. The highest BCUT2D eigenvalue weighted by Gasteiger charge is 2.29. The Bertz CT molecular complexity index is 1510. The van der Waals surface area contributed by atoms with E-state index in [-0.39, 0.29) is 21.5 Å². The van der Waals surface area contributed by atoms with Crippen molar-refractivity contribution in [2.75, 3.05) is 5.75 Å². The predicted octanol–water partition coefficient (Wildman–Crippen LogP) is 4.26. The highest BCUT2D eigenvalue weighted by molar-refractivity contribution is 8.00. The van der Waals surface area contributed by atoms with Gasteiger partial charge < -0.3 is 19.5 Å². The van der Waals surface area contributed by atoms with Gasteiger partial charge in [0.15, 0.2) is 11.5 Å². The first-order chi connectivity index (χ1) is 14.9. The minimum absolute atomic E-state index is 0.0157. The van der Waals surface area contributed by atoms with Gasteiger partial charge in [0.1, 0.15) is 16.9 Å². The molecule has 154 valence electrons. The standard InChI is InChI=1S/C22H12FNO6S/c23-14-7-12-18-20(21(14)31-9-16(25)26)30-15-6-5-10-3-1-2-4-11(10)17(15)24(18)8-13(19(12)27)22(28)29/h1-8H,9H2,(H,25,26)(H,28,29). The SMILES string of the molecule is O=C(O)CSc1c(F)cc2c(=O)c(C(=O)O)cn3c2c1Oc1ccc2ccccc2c1-3. The zero-order valence-electron chi connectivity index (χ0n) is 15.6. The number of carboxylic acids is 2. The highest BCUT2D eigenvalue weighted by Crippen LogP contribution is 2.47. The third-order valence-corrected chi connectivity index (χ3v) is 6.10. The van der Waals surface area contributed by atoms with Gasteiger partial charge in [-0.3, -0.25) is 9.59 Å². The summed E-state index contributed by atoms with van der Waals surface area (Å²) < 4.78 is 22.4. The van der Waals surface area contributed by atoms with Crippen LogP contribution in [0.2, 0.25) is 0 Å². The average Bonchev–Trinajstić information content (AvgIpc) is 2.74. The minimum atomic E-state index is -1.43. The lowest BCUT2D eigenvalue weighted by atomic mass is 10.0. The first kappa shape index (κ1) is 19.1. The average molecular weight is 437 g/mol. The maximum Gasteiger partial charge on any atom is 0.341 e. The van der Waals surface area contributed by atoms with E-state index >= 15 is 0 Å². The number of benzene rings is 3. The van der Waals surface area contributed by atoms with Crippen LogP contribution in [0.4, 0.5) is 4.39 Å². The van der Waals surface area contributed by atoms with Gasteiger partial charge in [-0.2, -0.15) is 0 Å². The molecule has 5 rings (SSSR count). The largest absolute Gasteiger partial charge is 0.481 e. The Morgan fingerprint density at radius 1 is 1.10 bits per heavy atom. The number of aromatic carboxylic acids is 1. The van der Waals surface area contributed by atoms with Crippen LogP contribution in [0.3, 0.4) is 0 Å². The first-order valence-corrected chi connectivity index (χ1v) is 10.0. The zero-order valence-corrected chi connectivity index (χ0v) is 16.4. The molecule has 0 aliphatic carbocycles. The maximum absolute atomic E-state index is 14.9.